The molecule has 8 heteroatoms. The Hall–Kier alpha value is -2.19. The fourth-order valence-corrected chi connectivity index (χ4v) is 6.27. The highest BCUT2D eigenvalue weighted by Gasteiger charge is 2.29. The molecule has 0 atom stereocenters. The molecule has 3 aromatic rings. The number of thiazole rings is 2. The summed E-state index contributed by atoms with van der Waals surface area (Å²) < 4.78 is 5.19. The molecular weight excluding hydrogens is 679 g/mol. The maximum Gasteiger partial charge on any atom is 0.232 e. The van der Waals surface area contributed by atoms with E-state index in [1.165, 1.54) is 31.9 Å². The lowest BCUT2D eigenvalue weighted by atomic mass is 9.80. The van der Waals surface area contributed by atoms with E-state index in [0.29, 0.717) is 5.89 Å². The Morgan fingerprint density at radius 3 is 1.29 bits per heavy atom. The van der Waals surface area contributed by atoms with Crippen molar-refractivity contribution in [3.8, 4) is 0 Å². The summed E-state index contributed by atoms with van der Waals surface area (Å²) in [5.41, 5.74) is 5.18. The topological polar surface area (TPSA) is 77.1 Å². The van der Waals surface area contributed by atoms with Crippen molar-refractivity contribution in [2.24, 2.45) is 15.8 Å². The number of rotatable bonds is 0. The second-order valence-corrected chi connectivity index (χ2v) is 24.3. The van der Waals surface area contributed by atoms with Crippen LogP contribution in [0, 0.1) is 10.8 Å². The summed E-state index contributed by atoms with van der Waals surface area (Å²) >= 11 is 3.61. The van der Waals surface area contributed by atoms with Crippen molar-refractivity contribution >= 4 is 28.4 Å². The zero-order chi connectivity index (χ0) is 41.1. The van der Waals surface area contributed by atoms with Gasteiger partial charge in [-0.15, -0.1) is 22.7 Å². The number of hydrogen-bond acceptors (Lipinski definition) is 8. The molecule has 4 heterocycles. The molecule has 0 unspecified atom stereocenters. The third-order valence-corrected chi connectivity index (χ3v) is 11.2. The number of aliphatic imine (C=N–C) groups is 1. The average Bonchev–Trinajstić information content (AvgIpc) is 3.72. The van der Waals surface area contributed by atoms with Crippen molar-refractivity contribution in [3.63, 3.8) is 0 Å². The van der Waals surface area contributed by atoms with E-state index in [4.69, 9.17) is 4.52 Å². The van der Waals surface area contributed by atoms with Crippen LogP contribution in [0.3, 0.4) is 0 Å². The molecular formula is C44H77N5OS2. The molecule has 0 amide bonds. The van der Waals surface area contributed by atoms with Gasteiger partial charge in [-0.3, -0.25) is 4.99 Å². The van der Waals surface area contributed by atoms with Crippen LogP contribution in [-0.2, 0) is 32.5 Å². The first kappa shape index (κ1) is 47.8. The van der Waals surface area contributed by atoms with Crippen LogP contribution < -0.4 is 0 Å². The normalized spacial score (nSPS) is 14.7. The summed E-state index contributed by atoms with van der Waals surface area (Å²) in [4.78, 5) is 19.4. The highest BCUT2D eigenvalue weighted by atomic mass is 32.1. The second-order valence-electron chi connectivity index (χ2n) is 22.4. The van der Waals surface area contributed by atoms with Crippen LogP contribution in [0.15, 0.2) is 32.9 Å². The number of aromatic nitrogens is 4. The molecule has 0 aliphatic carbocycles. The maximum atomic E-state index is 5.19. The molecule has 1 aliphatic rings. The SMILES string of the molecule is CC(C)(C)C1=CN=C(C(C)(C)C)C1.CC(C)(C)c1cnc(C(C)(C)C)s1.CC(C)(C)c1csc(C(C)(C)C)n1.CC(C)(C)c1noc(C(C)(C)C)n1. The summed E-state index contributed by atoms with van der Waals surface area (Å²) in [6.07, 6.45) is 5.14. The first-order chi connectivity index (χ1) is 22.8. The van der Waals surface area contributed by atoms with Gasteiger partial charge in [-0.25, -0.2) is 9.97 Å². The molecule has 0 aromatic carbocycles. The van der Waals surface area contributed by atoms with E-state index in [1.54, 1.807) is 11.3 Å². The molecule has 6 nitrogen and oxygen atoms in total. The second kappa shape index (κ2) is 16.7. The first-order valence-electron chi connectivity index (χ1n) is 18.9. The van der Waals surface area contributed by atoms with Gasteiger partial charge < -0.3 is 4.52 Å². The molecule has 4 rings (SSSR count). The van der Waals surface area contributed by atoms with E-state index in [9.17, 15) is 0 Å². The van der Waals surface area contributed by atoms with Gasteiger partial charge >= 0.3 is 0 Å². The molecule has 0 saturated heterocycles. The van der Waals surface area contributed by atoms with Crippen LogP contribution in [0.1, 0.15) is 205 Å². The number of nitrogens with zero attached hydrogens (tertiary/aromatic N) is 5. The van der Waals surface area contributed by atoms with E-state index in [2.05, 4.69) is 203 Å². The Bertz CT molecular complexity index is 1350. The first-order valence-corrected chi connectivity index (χ1v) is 20.6. The van der Waals surface area contributed by atoms with Crippen LogP contribution in [0.4, 0.5) is 0 Å². The summed E-state index contributed by atoms with van der Waals surface area (Å²) in [5, 5.41) is 8.62. The van der Waals surface area contributed by atoms with Gasteiger partial charge in [-0.2, -0.15) is 4.98 Å². The van der Waals surface area contributed by atoms with Crippen LogP contribution in [0.2, 0.25) is 0 Å². The van der Waals surface area contributed by atoms with Crippen LogP contribution in [0.25, 0.3) is 0 Å². The Morgan fingerprint density at radius 2 is 1.06 bits per heavy atom. The average molecular weight is 756 g/mol. The minimum absolute atomic E-state index is 0.0347. The van der Waals surface area contributed by atoms with E-state index in [-0.39, 0.29) is 43.3 Å². The van der Waals surface area contributed by atoms with Crippen molar-refractivity contribution in [3.05, 3.63) is 55.7 Å². The molecule has 1 aliphatic heterocycles. The van der Waals surface area contributed by atoms with E-state index >= 15 is 0 Å². The lowest BCUT2D eigenvalue weighted by Gasteiger charge is -2.23. The zero-order valence-electron chi connectivity index (χ0n) is 37.9. The van der Waals surface area contributed by atoms with Crippen molar-refractivity contribution < 1.29 is 4.52 Å². The maximum absolute atomic E-state index is 5.19. The monoisotopic (exact) mass is 756 g/mol. The fraction of sp³-hybridized carbons (Fsp3) is 0.750. The van der Waals surface area contributed by atoms with Crippen molar-refractivity contribution in [1.29, 1.82) is 0 Å². The van der Waals surface area contributed by atoms with E-state index in [0.717, 1.165) is 12.2 Å². The number of hydrogen-bond donors (Lipinski definition) is 0. The highest BCUT2D eigenvalue weighted by molar-refractivity contribution is 7.12. The van der Waals surface area contributed by atoms with Crippen molar-refractivity contribution in [1.82, 2.24) is 20.1 Å². The lowest BCUT2D eigenvalue weighted by Crippen LogP contribution is -2.20. The number of allylic oxidation sites excluding steroid dienone is 1. The predicted molar refractivity (Wildman–Crippen MR) is 230 cm³/mol. The van der Waals surface area contributed by atoms with Gasteiger partial charge in [-0.1, -0.05) is 171 Å². The third kappa shape index (κ3) is 15.7. The van der Waals surface area contributed by atoms with Crippen molar-refractivity contribution in [2.45, 2.75) is 205 Å². The quantitative estimate of drug-likeness (QED) is 0.228. The summed E-state index contributed by atoms with van der Waals surface area (Å²) in [6, 6.07) is 0. The Kier molecular flexibility index (Phi) is 15.3. The zero-order valence-corrected chi connectivity index (χ0v) is 39.5. The Labute approximate surface area is 328 Å². The minimum atomic E-state index is -0.0590. The molecule has 3 aromatic heterocycles. The smallest absolute Gasteiger partial charge is 0.232 e. The van der Waals surface area contributed by atoms with Crippen LogP contribution in [-0.4, -0.2) is 25.8 Å². The van der Waals surface area contributed by atoms with Crippen LogP contribution in [0.5, 0.6) is 0 Å². The van der Waals surface area contributed by atoms with Gasteiger partial charge in [0, 0.05) is 67.3 Å². The molecule has 0 saturated carbocycles. The lowest BCUT2D eigenvalue weighted by molar-refractivity contribution is 0.314. The van der Waals surface area contributed by atoms with E-state index < -0.39 is 0 Å². The molecule has 0 spiro atoms. The van der Waals surface area contributed by atoms with Gasteiger partial charge in [0.1, 0.15) is 0 Å². The molecule has 0 radical (unpaired) electrons. The predicted octanol–water partition coefficient (Wildman–Crippen LogP) is 13.9. The standard InChI is InChI=1S/C12H21N.2C11H19NS.C10H18N2O/c1-11(2,3)9-7-10(13-8-9)12(4,5)6;1-10(2,3)8-7-13-9(12-8)11(4,5)6;1-10(2,3)8-7-12-9(13-8)11(4,5)6;1-9(2,3)7-11-8(13-12-7)10(4,5)6/h8H,7H2,1-6H3;2*7H,1-6H3;1-6H3. The summed E-state index contributed by atoms with van der Waals surface area (Å²) in [7, 11) is 0. The van der Waals surface area contributed by atoms with Crippen LogP contribution >= 0.6 is 22.7 Å². The molecule has 0 N–H and O–H groups in total. The van der Waals surface area contributed by atoms with Gasteiger partial charge in [0.25, 0.3) is 0 Å². The van der Waals surface area contributed by atoms with Crippen molar-refractivity contribution in [2.75, 3.05) is 0 Å². The molecule has 0 fully saturated rings. The third-order valence-electron chi connectivity index (χ3n) is 8.10. The van der Waals surface area contributed by atoms with Gasteiger partial charge in [0.2, 0.25) is 5.89 Å². The fourth-order valence-electron chi connectivity index (χ4n) is 4.11. The molecule has 296 valence electrons. The van der Waals surface area contributed by atoms with Gasteiger partial charge in [0.15, 0.2) is 5.82 Å². The minimum Gasteiger partial charge on any atom is -0.339 e. The molecule has 0 bridgehead atoms. The highest BCUT2D eigenvalue weighted by Crippen LogP contribution is 2.36. The summed E-state index contributed by atoms with van der Waals surface area (Å²) in [5.74, 6) is 1.48. The molecule has 52 heavy (non-hydrogen) atoms. The van der Waals surface area contributed by atoms with Gasteiger partial charge in [0.05, 0.1) is 15.7 Å². The Morgan fingerprint density at radius 1 is 0.538 bits per heavy atom. The van der Waals surface area contributed by atoms with Gasteiger partial charge in [-0.05, 0) is 16.4 Å². The summed E-state index contributed by atoms with van der Waals surface area (Å²) in [6.45, 7) is 52.4. The van der Waals surface area contributed by atoms with E-state index in [1.807, 2.05) is 17.5 Å². The largest absolute Gasteiger partial charge is 0.339 e. The Balaban J connectivity index is 0.000000347.